The van der Waals surface area contributed by atoms with Gasteiger partial charge in [-0.15, -0.1) is 10.2 Å². The Kier molecular flexibility index (Phi) is 6.18. The van der Waals surface area contributed by atoms with Gasteiger partial charge in [-0.2, -0.15) is 0 Å². The summed E-state index contributed by atoms with van der Waals surface area (Å²) in [4.78, 5) is 12.9. The molecule has 0 aliphatic rings. The number of benzene rings is 1. The van der Waals surface area contributed by atoms with Crippen LogP contribution in [-0.4, -0.2) is 39.1 Å². The number of primary sulfonamides is 1. The van der Waals surface area contributed by atoms with Crippen LogP contribution in [0.25, 0.3) is 16.7 Å². The molecule has 0 amide bonds. The molecular formula is C17H23N5O3S2. The van der Waals surface area contributed by atoms with Crippen LogP contribution in [0.5, 0.6) is 0 Å². The number of rotatable bonds is 9. The number of hydrogen-bond donors (Lipinski definition) is 1. The second-order valence-corrected chi connectivity index (χ2v) is 9.16. The predicted octanol–water partition coefficient (Wildman–Crippen LogP) is 2.01. The molecule has 0 aliphatic carbocycles. The fraction of sp³-hybridized carbons (Fsp3) is 0.471. The van der Waals surface area contributed by atoms with Gasteiger partial charge in [-0.1, -0.05) is 43.7 Å². The summed E-state index contributed by atoms with van der Waals surface area (Å²) in [7, 11) is -3.47. The summed E-state index contributed by atoms with van der Waals surface area (Å²) >= 11 is 1.41. The Balaban J connectivity index is 2.00. The first kappa shape index (κ1) is 19.8. The molecule has 0 saturated carbocycles. The Morgan fingerprint density at radius 2 is 1.93 bits per heavy atom. The second kappa shape index (κ2) is 8.41. The van der Waals surface area contributed by atoms with Crippen molar-refractivity contribution >= 4 is 38.5 Å². The molecule has 8 nitrogen and oxygen atoms in total. The van der Waals surface area contributed by atoms with Crippen molar-refractivity contribution in [1.29, 1.82) is 0 Å². The highest BCUT2D eigenvalue weighted by molar-refractivity contribution is 7.99. The molecule has 1 aromatic carbocycles. The molecule has 3 rings (SSSR count). The Hall–Kier alpha value is -1.91. The van der Waals surface area contributed by atoms with Gasteiger partial charge in [0.1, 0.15) is 0 Å². The molecule has 0 unspecified atom stereocenters. The zero-order chi connectivity index (χ0) is 19.4. The average molecular weight is 410 g/mol. The predicted molar refractivity (Wildman–Crippen MR) is 108 cm³/mol. The highest BCUT2D eigenvalue weighted by atomic mass is 32.2. The van der Waals surface area contributed by atoms with E-state index in [4.69, 9.17) is 5.14 Å². The summed E-state index contributed by atoms with van der Waals surface area (Å²) in [6.45, 7) is 2.71. The largest absolute Gasteiger partial charge is 0.276 e. The van der Waals surface area contributed by atoms with E-state index in [0.29, 0.717) is 35.0 Å². The van der Waals surface area contributed by atoms with Crippen molar-refractivity contribution in [3.63, 3.8) is 0 Å². The second-order valence-electron chi connectivity index (χ2n) is 6.37. The van der Waals surface area contributed by atoms with Crippen molar-refractivity contribution in [2.75, 3.05) is 11.5 Å². The van der Waals surface area contributed by atoms with Crippen molar-refractivity contribution in [3.8, 4) is 0 Å². The van der Waals surface area contributed by atoms with E-state index >= 15 is 0 Å². The highest BCUT2D eigenvalue weighted by Gasteiger charge is 2.16. The Morgan fingerprint density at radius 3 is 2.67 bits per heavy atom. The minimum Gasteiger partial charge on any atom is -0.276 e. The molecule has 146 valence electrons. The SMILES string of the molecule is CCCCCn1c(=O)c2ccccc2n2c(SCCCS(N)(=O)=O)nnc12. The van der Waals surface area contributed by atoms with E-state index in [2.05, 4.69) is 17.1 Å². The molecule has 27 heavy (non-hydrogen) atoms. The van der Waals surface area contributed by atoms with Gasteiger partial charge in [-0.05, 0) is 25.0 Å². The summed E-state index contributed by atoms with van der Waals surface area (Å²) < 4.78 is 25.7. The molecular weight excluding hydrogens is 386 g/mol. The Morgan fingerprint density at radius 1 is 1.15 bits per heavy atom. The molecule has 2 N–H and O–H groups in total. The average Bonchev–Trinajstić information content (AvgIpc) is 3.05. The van der Waals surface area contributed by atoms with E-state index in [0.717, 1.165) is 24.8 Å². The molecule has 2 heterocycles. The van der Waals surface area contributed by atoms with Crippen LogP contribution in [-0.2, 0) is 16.6 Å². The van der Waals surface area contributed by atoms with Gasteiger partial charge >= 0.3 is 0 Å². The number of fused-ring (bicyclic) bond motifs is 3. The molecule has 0 radical (unpaired) electrons. The normalized spacial score (nSPS) is 12.2. The van der Waals surface area contributed by atoms with E-state index in [9.17, 15) is 13.2 Å². The fourth-order valence-corrected chi connectivity index (χ4v) is 4.58. The summed E-state index contributed by atoms with van der Waals surface area (Å²) in [5.74, 6) is 0.989. The molecule has 0 spiro atoms. The Labute approximate surface area is 161 Å². The van der Waals surface area contributed by atoms with Crippen molar-refractivity contribution < 1.29 is 8.42 Å². The quantitative estimate of drug-likeness (QED) is 0.427. The summed E-state index contributed by atoms with van der Waals surface area (Å²) in [5.41, 5.74) is 0.690. The molecule has 0 aliphatic heterocycles. The molecule has 0 bridgehead atoms. The lowest BCUT2D eigenvalue weighted by Crippen LogP contribution is -2.23. The van der Waals surface area contributed by atoms with Crippen molar-refractivity contribution in [2.45, 2.75) is 44.3 Å². The van der Waals surface area contributed by atoms with Crippen LogP contribution in [0.15, 0.2) is 34.2 Å². The number of thioether (sulfide) groups is 1. The molecule has 10 heteroatoms. The molecule has 0 atom stereocenters. The van der Waals surface area contributed by atoms with Crippen LogP contribution in [0.1, 0.15) is 32.6 Å². The smallest absolute Gasteiger partial charge is 0.262 e. The van der Waals surface area contributed by atoms with Crippen molar-refractivity contribution in [3.05, 3.63) is 34.6 Å². The van der Waals surface area contributed by atoms with E-state index < -0.39 is 10.0 Å². The number of para-hydroxylation sites is 1. The third kappa shape index (κ3) is 4.50. The van der Waals surface area contributed by atoms with Crippen molar-refractivity contribution in [1.82, 2.24) is 19.2 Å². The van der Waals surface area contributed by atoms with Gasteiger partial charge in [0.25, 0.3) is 5.56 Å². The van der Waals surface area contributed by atoms with E-state index in [-0.39, 0.29) is 11.3 Å². The van der Waals surface area contributed by atoms with Crippen LogP contribution in [0.2, 0.25) is 0 Å². The highest BCUT2D eigenvalue weighted by Crippen LogP contribution is 2.22. The van der Waals surface area contributed by atoms with Gasteiger partial charge in [-0.3, -0.25) is 13.8 Å². The third-order valence-electron chi connectivity index (χ3n) is 4.27. The lowest BCUT2D eigenvalue weighted by molar-refractivity contribution is 0.594. The standard InChI is InChI=1S/C17H23N5O3S2/c1-2-3-6-10-21-15(23)13-8-4-5-9-14(13)22-16(21)19-20-17(22)26-11-7-12-27(18,24)25/h4-5,8-9H,2-3,6-7,10-12H2,1H3,(H2,18,24,25). The first-order valence-corrected chi connectivity index (χ1v) is 11.6. The zero-order valence-electron chi connectivity index (χ0n) is 15.2. The fourth-order valence-electron chi connectivity index (χ4n) is 2.97. The number of sulfonamides is 1. The van der Waals surface area contributed by atoms with Gasteiger partial charge in [-0.25, -0.2) is 13.6 Å². The number of hydrogen-bond acceptors (Lipinski definition) is 6. The number of aryl methyl sites for hydroxylation is 1. The minimum atomic E-state index is -3.47. The van der Waals surface area contributed by atoms with Gasteiger partial charge < -0.3 is 0 Å². The van der Waals surface area contributed by atoms with Gasteiger partial charge in [0.2, 0.25) is 15.8 Å². The van der Waals surface area contributed by atoms with Crippen LogP contribution in [0, 0.1) is 0 Å². The maximum absolute atomic E-state index is 12.9. The third-order valence-corrected chi connectivity index (χ3v) is 6.14. The topological polar surface area (TPSA) is 112 Å². The number of aromatic nitrogens is 4. The van der Waals surface area contributed by atoms with Crippen LogP contribution < -0.4 is 10.7 Å². The summed E-state index contributed by atoms with van der Waals surface area (Å²) in [6.07, 6.45) is 3.42. The maximum atomic E-state index is 12.9. The first-order chi connectivity index (χ1) is 12.9. The monoisotopic (exact) mass is 409 g/mol. The van der Waals surface area contributed by atoms with E-state index in [1.165, 1.54) is 11.8 Å². The molecule has 0 fully saturated rings. The van der Waals surface area contributed by atoms with E-state index in [1.54, 1.807) is 4.57 Å². The van der Waals surface area contributed by atoms with Crippen molar-refractivity contribution in [2.24, 2.45) is 5.14 Å². The van der Waals surface area contributed by atoms with Gasteiger partial charge in [0.05, 0.1) is 16.7 Å². The molecule has 3 aromatic rings. The number of nitrogens with zero attached hydrogens (tertiary/aromatic N) is 4. The Bertz CT molecular complexity index is 1100. The summed E-state index contributed by atoms with van der Waals surface area (Å²) in [6, 6.07) is 7.40. The van der Waals surface area contributed by atoms with E-state index in [1.807, 2.05) is 28.7 Å². The maximum Gasteiger partial charge on any atom is 0.262 e. The zero-order valence-corrected chi connectivity index (χ0v) is 16.8. The number of unbranched alkanes of at least 4 members (excludes halogenated alkanes) is 2. The lowest BCUT2D eigenvalue weighted by atomic mass is 10.2. The minimum absolute atomic E-state index is 0.0626. The van der Waals surface area contributed by atoms with Gasteiger partial charge in [0, 0.05) is 12.3 Å². The lowest BCUT2D eigenvalue weighted by Gasteiger charge is -2.11. The molecule has 0 saturated heterocycles. The van der Waals surface area contributed by atoms with Crippen LogP contribution in [0.3, 0.4) is 0 Å². The van der Waals surface area contributed by atoms with Gasteiger partial charge in [0.15, 0.2) is 5.16 Å². The van der Waals surface area contributed by atoms with Crippen LogP contribution in [0.4, 0.5) is 0 Å². The summed E-state index contributed by atoms with van der Waals surface area (Å²) in [5, 5.41) is 14.8. The number of nitrogens with two attached hydrogens (primary N) is 1. The first-order valence-electron chi connectivity index (χ1n) is 8.92. The van der Waals surface area contributed by atoms with Crippen LogP contribution >= 0.6 is 11.8 Å². The molecule has 2 aromatic heterocycles.